The number of unbranched alkanes of at least 4 members (excludes halogenated alkanes) is 3. The van der Waals surface area contributed by atoms with Crippen LogP contribution in [0, 0.1) is 0 Å². The van der Waals surface area contributed by atoms with Crippen LogP contribution >= 0.6 is 0 Å². The van der Waals surface area contributed by atoms with Crippen molar-refractivity contribution in [2.75, 3.05) is 6.61 Å². The maximum atomic E-state index is 10.6. The molecular weight excluding hydrogens is 296 g/mol. The molecular formula is C18H30O5. The summed E-state index contributed by atoms with van der Waals surface area (Å²) in [4.78, 5) is 10.6. The van der Waals surface area contributed by atoms with E-state index < -0.39 is 12.1 Å². The van der Waals surface area contributed by atoms with Crippen LogP contribution in [0.1, 0.15) is 57.8 Å². The summed E-state index contributed by atoms with van der Waals surface area (Å²) in [6, 6.07) is 0. The van der Waals surface area contributed by atoms with Gasteiger partial charge in [-0.1, -0.05) is 30.7 Å². The van der Waals surface area contributed by atoms with E-state index in [0.717, 1.165) is 44.9 Å². The van der Waals surface area contributed by atoms with Crippen molar-refractivity contribution in [3.63, 3.8) is 0 Å². The first-order valence-electron chi connectivity index (χ1n) is 8.59. The lowest BCUT2D eigenvalue weighted by Gasteiger charge is -2.14. The number of hydrogen-bond donors (Lipinski definition) is 3. The fraction of sp³-hybridized carbons (Fsp3) is 0.722. The molecule has 5 heteroatoms. The standard InChI is InChI=1S/C18H30O5/c19-12-8-6-4-2-1-3-5-7-9-15(20)13-16-10-11-17(23-16)14-18(21)22/h1,3,7,9,15-17,19-20H,2,4-6,8,10-14H2,(H,21,22)/b3-1-,9-7-/t15-,16-,17+/m1/s1. The molecule has 1 rings (SSSR count). The predicted molar refractivity (Wildman–Crippen MR) is 89.2 cm³/mol. The largest absolute Gasteiger partial charge is 0.481 e. The first-order valence-corrected chi connectivity index (χ1v) is 8.59. The van der Waals surface area contributed by atoms with E-state index in [4.69, 9.17) is 14.9 Å². The maximum Gasteiger partial charge on any atom is 0.305 e. The molecule has 0 spiro atoms. The molecule has 3 N–H and O–H groups in total. The van der Waals surface area contributed by atoms with Gasteiger partial charge >= 0.3 is 5.97 Å². The Hall–Kier alpha value is -1.17. The summed E-state index contributed by atoms with van der Waals surface area (Å²) in [6.45, 7) is 0.270. The van der Waals surface area contributed by atoms with Crippen LogP contribution in [-0.2, 0) is 9.53 Å². The van der Waals surface area contributed by atoms with Gasteiger partial charge in [0.05, 0.1) is 24.7 Å². The molecule has 1 saturated heterocycles. The molecule has 0 bridgehead atoms. The zero-order valence-electron chi connectivity index (χ0n) is 13.8. The average molecular weight is 326 g/mol. The lowest BCUT2D eigenvalue weighted by molar-refractivity contribution is -0.140. The number of carboxylic acid groups (broad SMARTS) is 1. The number of carbonyl (C=O) groups is 1. The van der Waals surface area contributed by atoms with Crippen LogP contribution in [0.2, 0.25) is 0 Å². The number of aliphatic carboxylic acids is 1. The van der Waals surface area contributed by atoms with Crippen molar-refractivity contribution >= 4 is 5.97 Å². The minimum absolute atomic E-state index is 0.0407. The van der Waals surface area contributed by atoms with Gasteiger partial charge < -0.3 is 20.1 Å². The highest BCUT2D eigenvalue weighted by Gasteiger charge is 2.27. The van der Waals surface area contributed by atoms with E-state index in [1.165, 1.54) is 0 Å². The zero-order valence-corrected chi connectivity index (χ0v) is 13.8. The molecule has 1 fully saturated rings. The van der Waals surface area contributed by atoms with E-state index in [0.29, 0.717) is 6.42 Å². The van der Waals surface area contributed by atoms with Crippen molar-refractivity contribution in [1.29, 1.82) is 0 Å². The monoisotopic (exact) mass is 326 g/mol. The Labute approximate surface area is 138 Å². The van der Waals surface area contributed by atoms with Crippen LogP contribution in [0.25, 0.3) is 0 Å². The lowest BCUT2D eigenvalue weighted by Crippen LogP contribution is -2.18. The van der Waals surface area contributed by atoms with Gasteiger partial charge in [-0.25, -0.2) is 0 Å². The molecule has 0 amide bonds. The molecule has 0 radical (unpaired) electrons. The molecule has 0 aromatic heterocycles. The van der Waals surface area contributed by atoms with Crippen molar-refractivity contribution in [2.45, 2.75) is 76.1 Å². The lowest BCUT2D eigenvalue weighted by atomic mass is 10.1. The molecule has 0 aromatic carbocycles. The van der Waals surface area contributed by atoms with Crippen LogP contribution in [0.4, 0.5) is 0 Å². The quantitative estimate of drug-likeness (QED) is 0.379. The van der Waals surface area contributed by atoms with E-state index in [1.54, 1.807) is 6.08 Å². The van der Waals surface area contributed by atoms with E-state index in [2.05, 4.69) is 12.2 Å². The summed E-state index contributed by atoms with van der Waals surface area (Å²) in [5.74, 6) is -0.834. The Kier molecular flexibility index (Phi) is 10.6. The van der Waals surface area contributed by atoms with Crippen LogP contribution in [0.5, 0.6) is 0 Å². The van der Waals surface area contributed by atoms with Gasteiger partial charge in [0.25, 0.3) is 0 Å². The van der Waals surface area contributed by atoms with Gasteiger partial charge in [0.1, 0.15) is 0 Å². The predicted octanol–water partition coefficient (Wildman–Crippen LogP) is 2.81. The van der Waals surface area contributed by atoms with Gasteiger partial charge in [0.15, 0.2) is 0 Å². The second-order valence-corrected chi connectivity index (χ2v) is 6.07. The first-order chi connectivity index (χ1) is 11.1. The summed E-state index contributed by atoms with van der Waals surface area (Å²) in [6.07, 6.45) is 14.1. The Morgan fingerprint density at radius 3 is 2.65 bits per heavy atom. The SMILES string of the molecule is O=C(O)C[C@@H]1CC[C@H](C[C@H](O)/C=C\C/C=C\CCCCCO)O1. The van der Waals surface area contributed by atoms with E-state index in [-0.39, 0.29) is 25.2 Å². The van der Waals surface area contributed by atoms with E-state index >= 15 is 0 Å². The first kappa shape index (κ1) is 19.9. The third kappa shape index (κ3) is 10.3. The maximum absolute atomic E-state index is 10.6. The van der Waals surface area contributed by atoms with Crippen molar-refractivity contribution in [3.05, 3.63) is 24.3 Å². The van der Waals surface area contributed by atoms with Gasteiger partial charge in [0.2, 0.25) is 0 Å². The molecule has 0 aromatic rings. The van der Waals surface area contributed by atoms with Gasteiger partial charge in [-0.3, -0.25) is 4.79 Å². The van der Waals surface area contributed by atoms with Crippen LogP contribution < -0.4 is 0 Å². The average Bonchev–Trinajstić information content (AvgIpc) is 2.91. The Morgan fingerprint density at radius 2 is 1.91 bits per heavy atom. The Morgan fingerprint density at radius 1 is 1.13 bits per heavy atom. The highest BCUT2D eigenvalue weighted by molar-refractivity contribution is 5.67. The highest BCUT2D eigenvalue weighted by atomic mass is 16.5. The Balaban J connectivity index is 2.08. The summed E-state index contributed by atoms with van der Waals surface area (Å²) >= 11 is 0. The molecule has 3 atom stereocenters. The minimum atomic E-state index is -0.834. The third-order valence-electron chi connectivity index (χ3n) is 3.93. The molecule has 0 saturated carbocycles. The number of aliphatic hydroxyl groups is 2. The molecule has 132 valence electrons. The minimum Gasteiger partial charge on any atom is -0.481 e. The van der Waals surface area contributed by atoms with Gasteiger partial charge in [-0.05, 0) is 38.5 Å². The summed E-state index contributed by atoms with van der Waals surface area (Å²) in [5.41, 5.74) is 0. The number of ether oxygens (including phenoxy) is 1. The van der Waals surface area contributed by atoms with Crippen molar-refractivity contribution in [1.82, 2.24) is 0 Å². The topological polar surface area (TPSA) is 87.0 Å². The summed E-state index contributed by atoms with van der Waals surface area (Å²) in [5, 5.41) is 27.3. The highest BCUT2D eigenvalue weighted by Crippen LogP contribution is 2.25. The van der Waals surface area contributed by atoms with Gasteiger partial charge in [-0.15, -0.1) is 0 Å². The number of allylic oxidation sites excluding steroid dienone is 3. The number of hydrogen-bond acceptors (Lipinski definition) is 4. The molecule has 1 aliphatic heterocycles. The molecule has 0 unspecified atom stereocenters. The van der Waals surface area contributed by atoms with E-state index in [1.807, 2.05) is 6.08 Å². The number of aliphatic hydroxyl groups excluding tert-OH is 2. The number of carboxylic acids is 1. The molecule has 0 aliphatic carbocycles. The van der Waals surface area contributed by atoms with Crippen molar-refractivity contribution in [2.24, 2.45) is 0 Å². The molecule has 23 heavy (non-hydrogen) atoms. The van der Waals surface area contributed by atoms with Crippen LogP contribution in [0.15, 0.2) is 24.3 Å². The normalized spacial score (nSPS) is 23.0. The summed E-state index contributed by atoms with van der Waals surface area (Å²) in [7, 11) is 0. The number of rotatable bonds is 12. The van der Waals surface area contributed by atoms with Crippen molar-refractivity contribution < 1.29 is 24.9 Å². The second-order valence-electron chi connectivity index (χ2n) is 6.07. The van der Waals surface area contributed by atoms with E-state index in [9.17, 15) is 9.90 Å². The fourth-order valence-corrected chi connectivity index (χ4v) is 2.73. The third-order valence-corrected chi connectivity index (χ3v) is 3.93. The Bertz CT molecular complexity index is 378. The van der Waals surface area contributed by atoms with Crippen LogP contribution in [-0.4, -0.2) is 46.2 Å². The summed E-state index contributed by atoms with van der Waals surface area (Å²) < 4.78 is 5.63. The molecule has 5 nitrogen and oxygen atoms in total. The molecule has 1 aliphatic rings. The van der Waals surface area contributed by atoms with Gasteiger partial charge in [-0.2, -0.15) is 0 Å². The smallest absolute Gasteiger partial charge is 0.305 e. The second kappa shape index (κ2) is 12.3. The molecule has 1 heterocycles. The fourth-order valence-electron chi connectivity index (χ4n) is 2.73. The zero-order chi connectivity index (χ0) is 16.9. The van der Waals surface area contributed by atoms with Gasteiger partial charge in [0, 0.05) is 13.0 Å². The van der Waals surface area contributed by atoms with Crippen molar-refractivity contribution in [3.8, 4) is 0 Å². The van der Waals surface area contributed by atoms with Crippen LogP contribution in [0.3, 0.4) is 0 Å².